The van der Waals surface area contributed by atoms with Crippen molar-refractivity contribution in [3.63, 3.8) is 0 Å². The molecule has 0 amide bonds. The maximum absolute atomic E-state index is 11.9. The molecule has 26 heavy (non-hydrogen) atoms. The van der Waals surface area contributed by atoms with Crippen LogP contribution in [0.25, 0.3) is 17.4 Å². The predicted octanol–water partition coefficient (Wildman–Crippen LogP) is 4.61. The Morgan fingerprint density at radius 3 is 2.77 bits per heavy atom. The van der Waals surface area contributed by atoms with Crippen LogP contribution in [0.1, 0.15) is 19.6 Å². The van der Waals surface area contributed by atoms with Crippen LogP contribution in [0.3, 0.4) is 0 Å². The van der Waals surface area contributed by atoms with Crippen molar-refractivity contribution in [1.29, 1.82) is 5.26 Å². The molecule has 2 rings (SSSR count). The van der Waals surface area contributed by atoms with Crippen LogP contribution in [-0.4, -0.2) is 17.5 Å². The molecule has 0 fully saturated rings. The molecule has 0 saturated carbocycles. The molecule has 2 aromatic rings. The summed E-state index contributed by atoms with van der Waals surface area (Å²) in [4.78, 5) is 22.3. The SMILES string of the molecule is CC(C)COC(=O)C(C#N)=Cc1ccc(-c2ccc(Cl)c([N+](=O)[O-])c2)o1. The molecule has 134 valence electrons. The first-order valence-corrected chi connectivity index (χ1v) is 8.02. The molecule has 0 bridgehead atoms. The average Bonchev–Trinajstić information content (AvgIpc) is 3.06. The molecule has 0 N–H and O–H groups in total. The van der Waals surface area contributed by atoms with Gasteiger partial charge in [0.15, 0.2) is 0 Å². The quantitative estimate of drug-likeness (QED) is 0.240. The number of hydrogen-bond acceptors (Lipinski definition) is 6. The maximum Gasteiger partial charge on any atom is 0.349 e. The van der Waals surface area contributed by atoms with Gasteiger partial charge >= 0.3 is 5.97 Å². The molecule has 1 aromatic carbocycles. The van der Waals surface area contributed by atoms with Crippen molar-refractivity contribution in [2.75, 3.05) is 6.61 Å². The van der Waals surface area contributed by atoms with Crippen molar-refractivity contribution in [3.05, 3.63) is 56.8 Å². The number of rotatable bonds is 6. The first-order chi connectivity index (χ1) is 12.3. The van der Waals surface area contributed by atoms with E-state index < -0.39 is 10.9 Å². The zero-order valence-electron chi connectivity index (χ0n) is 14.1. The molecule has 0 radical (unpaired) electrons. The van der Waals surface area contributed by atoms with Crippen molar-refractivity contribution >= 4 is 29.3 Å². The average molecular weight is 375 g/mol. The van der Waals surface area contributed by atoms with E-state index >= 15 is 0 Å². The van der Waals surface area contributed by atoms with Crippen LogP contribution in [-0.2, 0) is 9.53 Å². The molecule has 0 aliphatic heterocycles. The van der Waals surface area contributed by atoms with E-state index in [9.17, 15) is 14.9 Å². The molecule has 0 aliphatic carbocycles. The second-order valence-electron chi connectivity index (χ2n) is 5.79. The van der Waals surface area contributed by atoms with E-state index in [0.29, 0.717) is 11.3 Å². The lowest BCUT2D eigenvalue weighted by molar-refractivity contribution is -0.384. The lowest BCUT2D eigenvalue weighted by Gasteiger charge is -2.05. The third-order valence-electron chi connectivity index (χ3n) is 3.23. The standard InChI is InChI=1S/C18H15ClN2O5/c1-11(2)10-25-18(22)13(9-20)7-14-4-6-17(26-14)12-3-5-15(19)16(8-12)21(23)24/h3-8,11H,10H2,1-2H3. The van der Waals surface area contributed by atoms with E-state index in [2.05, 4.69) is 0 Å². The zero-order valence-corrected chi connectivity index (χ0v) is 14.8. The van der Waals surface area contributed by atoms with Gasteiger partial charge in [-0.1, -0.05) is 25.4 Å². The summed E-state index contributed by atoms with van der Waals surface area (Å²) >= 11 is 5.79. The second kappa shape index (κ2) is 8.32. The van der Waals surface area contributed by atoms with Crippen LogP contribution < -0.4 is 0 Å². The summed E-state index contributed by atoms with van der Waals surface area (Å²) in [7, 11) is 0. The lowest BCUT2D eigenvalue weighted by atomic mass is 10.1. The fourth-order valence-corrected chi connectivity index (χ4v) is 2.18. The Hall–Kier alpha value is -3.11. The summed E-state index contributed by atoms with van der Waals surface area (Å²) < 4.78 is 10.6. The highest BCUT2D eigenvalue weighted by molar-refractivity contribution is 6.32. The van der Waals surface area contributed by atoms with Gasteiger partial charge < -0.3 is 9.15 Å². The van der Waals surface area contributed by atoms with Gasteiger partial charge in [-0.05, 0) is 30.2 Å². The maximum atomic E-state index is 11.9. The van der Waals surface area contributed by atoms with Gasteiger partial charge in [0.2, 0.25) is 0 Å². The minimum Gasteiger partial charge on any atom is -0.461 e. The van der Waals surface area contributed by atoms with Crippen LogP contribution >= 0.6 is 11.6 Å². The second-order valence-corrected chi connectivity index (χ2v) is 6.19. The molecule has 0 saturated heterocycles. The Morgan fingerprint density at radius 2 is 2.15 bits per heavy atom. The van der Waals surface area contributed by atoms with E-state index in [4.69, 9.17) is 26.0 Å². The molecule has 7 nitrogen and oxygen atoms in total. The smallest absolute Gasteiger partial charge is 0.349 e. The zero-order chi connectivity index (χ0) is 19.3. The highest BCUT2D eigenvalue weighted by atomic mass is 35.5. The van der Waals surface area contributed by atoms with E-state index in [1.807, 2.05) is 13.8 Å². The van der Waals surface area contributed by atoms with Crippen molar-refractivity contribution < 1.29 is 18.9 Å². The summed E-state index contributed by atoms with van der Waals surface area (Å²) in [6, 6.07) is 9.16. The number of carbonyl (C=O) groups is 1. The van der Waals surface area contributed by atoms with Gasteiger partial charge in [-0.15, -0.1) is 0 Å². The number of esters is 1. The Labute approximate surface area is 154 Å². The monoisotopic (exact) mass is 374 g/mol. The van der Waals surface area contributed by atoms with Crippen LogP contribution in [0.5, 0.6) is 0 Å². The minimum atomic E-state index is -0.735. The van der Waals surface area contributed by atoms with E-state index in [1.165, 1.54) is 18.2 Å². The first kappa shape index (κ1) is 19.2. The molecular formula is C18H15ClN2O5. The van der Waals surface area contributed by atoms with Gasteiger partial charge in [-0.3, -0.25) is 10.1 Å². The van der Waals surface area contributed by atoms with Gasteiger partial charge in [0.05, 0.1) is 11.5 Å². The summed E-state index contributed by atoms with van der Waals surface area (Å²) in [5, 5.41) is 20.1. The number of carbonyl (C=O) groups excluding carboxylic acids is 1. The van der Waals surface area contributed by atoms with Gasteiger partial charge in [0, 0.05) is 17.7 Å². The van der Waals surface area contributed by atoms with Gasteiger partial charge in [-0.25, -0.2) is 4.79 Å². The Bertz CT molecular complexity index is 909. The Kier molecular flexibility index (Phi) is 6.15. The molecule has 0 spiro atoms. The van der Waals surface area contributed by atoms with Crippen molar-refractivity contribution in [2.24, 2.45) is 5.92 Å². The van der Waals surface area contributed by atoms with Crippen LogP contribution in [0.4, 0.5) is 5.69 Å². The third kappa shape index (κ3) is 4.71. The summed E-state index contributed by atoms with van der Waals surface area (Å²) in [6.07, 6.45) is 1.26. The molecule has 1 heterocycles. The fourth-order valence-electron chi connectivity index (χ4n) is 1.99. The van der Waals surface area contributed by atoms with Crippen LogP contribution in [0.2, 0.25) is 5.02 Å². The number of nitro benzene ring substituents is 1. The lowest BCUT2D eigenvalue weighted by Crippen LogP contribution is -2.11. The normalized spacial score (nSPS) is 11.3. The van der Waals surface area contributed by atoms with Crippen LogP contribution in [0.15, 0.2) is 40.3 Å². The first-order valence-electron chi connectivity index (χ1n) is 7.65. The number of nitro groups is 1. The molecular weight excluding hydrogens is 360 g/mol. The predicted molar refractivity (Wildman–Crippen MR) is 95.2 cm³/mol. The van der Waals surface area contributed by atoms with E-state index in [0.717, 1.165) is 0 Å². The van der Waals surface area contributed by atoms with Crippen molar-refractivity contribution in [1.82, 2.24) is 0 Å². The Balaban J connectivity index is 2.26. The highest BCUT2D eigenvalue weighted by Crippen LogP contribution is 2.31. The Morgan fingerprint density at radius 1 is 1.42 bits per heavy atom. The number of halogens is 1. The third-order valence-corrected chi connectivity index (χ3v) is 3.55. The number of furan rings is 1. The summed E-state index contributed by atoms with van der Waals surface area (Å²) in [5.74, 6) is -0.00408. The minimum absolute atomic E-state index is 0.0186. The fraction of sp³-hybridized carbons (Fsp3) is 0.222. The number of nitriles is 1. The number of benzene rings is 1. The van der Waals surface area contributed by atoms with Crippen LogP contribution in [0, 0.1) is 27.4 Å². The number of nitrogens with zero attached hydrogens (tertiary/aromatic N) is 2. The summed E-state index contributed by atoms with van der Waals surface area (Å²) in [6.45, 7) is 3.97. The molecule has 0 unspecified atom stereocenters. The number of ether oxygens (including phenoxy) is 1. The number of hydrogen-bond donors (Lipinski definition) is 0. The van der Waals surface area contributed by atoms with Gasteiger partial charge in [0.1, 0.15) is 28.2 Å². The van der Waals surface area contributed by atoms with E-state index in [-0.39, 0.29) is 34.6 Å². The molecule has 8 heteroatoms. The van der Waals surface area contributed by atoms with E-state index in [1.54, 1.807) is 24.3 Å². The molecule has 0 atom stereocenters. The topological polar surface area (TPSA) is 106 Å². The molecule has 1 aromatic heterocycles. The highest BCUT2D eigenvalue weighted by Gasteiger charge is 2.16. The molecule has 0 aliphatic rings. The van der Waals surface area contributed by atoms with Gasteiger partial charge in [-0.2, -0.15) is 5.26 Å². The summed E-state index contributed by atoms with van der Waals surface area (Å²) in [5.41, 5.74) is 0.00270. The van der Waals surface area contributed by atoms with Crippen molar-refractivity contribution in [2.45, 2.75) is 13.8 Å². The largest absolute Gasteiger partial charge is 0.461 e. The van der Waals surface area contributed by atoms with Crippen molar-refractivity contribution in [3.8, 4) is 17.4 Å². The van der Waals surface area contributed by atoms with Gasteiger partial charge in [0.25, 0.3) is 5.69 Å².